The Morgan fingerprint density at radius 2 is 1.53 bits per heavy atom. The lowest BCUT2D eigenvalue weighted by Gasteiger charge is -1.98. The molecule has 0 unspecified atom stereocenters. The van der Waals surface area contributed by atoms with E-state index in [4.69, 9.17) is 20.1 Å². The Morgan fingerprint density at radius 1 is 1.07 bits per heavy atom. The molecule has 0 atom stereocenters. The summed E-state index contributed by atoms with van der Waals surface area (Å²) in [5.41, 5.74) is 0.856. The molecule has 0 spiro atoms. The Labute approximate surface area is 85.4 Å². The lowest BCUT2D eigenvalue weighted by atomic mass is 10.2. The molecule has 1 rings (SSSR count). The number of hydrogen-bond acceptors (Lipinski definition) is 3. The van der Waals surface area contributed by atoms with Crippen molar-refractivity contribution in [2.75, 3.05) is 0 Å². The van der Waals surface area contributed by atoms with E-state index in [2.05, 4.69) is 4.74 Å². The summed E-state index contributed by atoms with van der Waals surface area (Å²) in [5.74, 6) is 0. The highest BCUT2D eigenvalue weighted by atomic mass is 16.7. The largest absolute Gasteiger partial charge is 0.506 e. The van der Waals surface area contributed by atoms with Crippen LogP contribution in [0.1, 0.15) is 5.56 Å². The molecule has 6 nitrogen and oxygen atoms in total. The van der Waals surface area contributed by atoms with Gasteiger partial charge in [0.1, 0.15) is 6.61 Å². The summed E-state index contributed by atoms with van der Waals surface area (Å²) in [6, 6.07) is 9.15. The Morgan fingerprint density at radius 3 is 1.93 bits per heavy atom. The highest BCUT2D eigenvalue weighted by Crippen LogP contribution is 1.99. The number of carboxylic acid groups (broad SMARTS) is 3. The molecule has 1 aromatic carbocycles. The van der Waals surface area contributed by atoms with E-state index in [1.54, 1.807) is 0 Å². The number of benzene rings is 1. The van der Waals surface area contributed by atoms with Crippen LogP contribution in [0.5, 0.6) is 0 Å². The molecule has 82 valence electrons. The van der Waals surface area contributed by atoms with Gasteiger partial charge in [-0.2, -0.15) is 0 Å². The van der Waals surface area contributed by atoms with Crippen molar-refractivity contribution in [3.05, 3.63) is 35.9 Å². The van der Waals surface area contributed by atoms with Gasteiger partial charge >= 0.3 is 12.3 Å². The number of carbonyl (C=O) groups is 2. The van der Waals surface area contributed by atoms with Crippen LogP contribution in [-0.4, -0.2) is 27.6 Å². The van der Waals surface area contributed by atoms with Crippen LogP contribution in [0.15, 0.2) is 30.3 Å². The van der Waals surface area contributed by atoms with E-state index in [1.807, 2.05) is 30.3 Å². The second-order valence-electron chi connectivity index (χ2n) is 2.32. The molecule has 0 aromatic heterocycles. The lowest BCUT2D eigenvalue weighted by Crippen LogP contribution is -1.99. The zero-order chi connectivity index (χ0) is 11.7. The molecule has 15 heavy (non-hydrogen) atoms. The average molecular weight is 214 g/mol. The molecule has 0 fully saturated rings. The highest BCUT2D eigenvalue weighted by molar-refractivity contribution is 5.56. The second-order valence-corrected chi connectivity index (χ2v) is 2.32. The van der Waals surface area contributed by atoms with Gasteiger partial charge in [0.05, 0.1) is 0 Å². The number of hydrogen-bond donors (Lipinski definition) is 3. The topological polar surface area (TPSA) is 104 Å². The maximum atomic E-state index is 9.95. The lowest BCUT2D eigenvalue weighted by molar-refractivity contribution is 0.0853. The van der Waals surface area contributed by atoms with E-state index < -0.39 is 12.3 Å². The molecule has 0 aliphatic carbocycles. The predicted octanol–water partition coefficient (Wildman–Crippen LogP) is 2.10. The zero-order valence-corrected chi connectivity index (χ0v) is 7.66. The van der Waals surface area contributed by atoms with Crippen molar-refractivity contribution < 1.29 is 29.6 Å². The minimum Gasteiger partial charge on any atom is -0.450 e. The Kier molecular flexibility index (Phi) is 6.12. The van der Waals surface area contributed by atoms with Crippen LogP contribution in [0.2, 0.25) is 0 Å². The van der Waals surface area contributed by atoms with E-state index in [-0.39, 0.29) is 6.61 Å². The third-order valence-electron chi connectivity index (χ3n) is 1.21. The molecule has 0 aliphatic heterocycles. The standard InChI is InChI=1S/C8H8O3.CH2O3/c9-8(10)11-6-7-4-2-1-3-5-7;2-1(3)4/h1-5H,6H2,(H,9,10);(H2,2,3,4). The van der Waals surface area contributed by atoms with Gasteiger partial charge in [0, 0.05) is 0 Å². The summed E-state index contributed by atoms with van der Waals surface area (Å²) in [7, 11) is 0. The van der Waals surface area contributed by atoms with Gasteiger partial charge in [0.2, 0.25) is 0 Å². The van der Waals surface area contributed by atoms with Crippen molar-refractivity contribution in [1.29, 1.82) is 0 Å². The maximum Gasteiger partial charge on any atom is 0.506 e. The summed E-state index contributed by atoms with van der Waals surface area (Å²) < 4.78 is 4.34. The molecular weight excluding hydrogens is 204 g/mol. The molecule has 0 amide bonds. The normalized spacial score (nSPS) is 8.27. The van der Waals surface area contributed by atoms with Crippen LogP contribution in [0, 0.1) is 0 Å². The van der Waals surface area contributed by atoms with E-state index in [0.717, 1.165) is 5.56 Å². The van der Waals surface area contributed by atoms with Gasteiger partial charge in [-0.1, -0.05) is 30.3 Å². The molecule has 1 aromatic rings. The van der Waals surface area contributed by atoms with Crippen LogP contribution in [-0.2, 0) is 11.3 Å². The minimum absolute atomic E-state index is 0.121. The number of ether oxygens (including phenoxy) is 1. The SMILES string of the molecule is O=C(O)O.O=C(O)OCc1ccccc1. The van der Waals surface area contributed by atoms with Gasteiger partial charge in [0.15, 0.2) is 0 Å². The van der Waals surface area contributed by atoms with E-state index in [9.17, 15) is 4.79 Å². The van der Waals surface area contributed by atoms with Crippen molar-refractivity contribution in [3.8, 4) is 0 Å². The summed E-state index contributed by atoms with van der Waals surface area (Å²) in [4.78, 5) is 18.5. The minimum atomic E-state index is -1.83. The van der Waals surface area contributed by atoms with Crippen molar-refractivity contribution in [2.24, 2.45) is 0 Å². The molecular formula is C9H10O6. The van der Waals surface area contributed by atoms with Gasteiger partial charge in [-0.15, -0.1) is 0 Å². The third kappa shape index (κ3) is 9.68. The number of rotatable bonds is 2. The Bertz CT molecular complexity index is 304. The smallest absolute Gasteiger partial charge is 0.450 e. The van der Waals surface area contributed by atoms with Crippen LogP contribution in [0.4, 0.5) is 9.59 Å². The van der Waals surface area contributed by atoms with Crippen LogP contribution in [0.25, 0.3) is 0 Å². The highest BCUT2D eigenvalue weighted by Gasteiger charge is 1.95. The molecule has 0 saturated carbocycles. The third-order valence-corrected chi connectivity index (χ3v) is 1.21. The van der Waals surface area contributed by atoms with Gasteiger partial charge in [0.25, 0.3) is 0 Å². The molecule has 0 radical (unpaired) electrons. The first-order valence-corrected chi connectivity index (χ1v) is 3.84. The van der Waals surface area contributed by atoms with Crippen LogP contribution in [0.3, 0.4) is 0 Å². The zero-order valence-electron chi connectivity index (χ0n) is 7.66. The first-order chi connectivity index (χ1) is 7.02. The van der Waals surface area contributed by atoms with E-state index in [1.165, 1.54) is 0 Å². The average Bonchev–Trinajstić information content (AvgIpc) is 2.15. The first-order valence-electron chi connectivity index (χ1n) is 3.84. The van der Waals surface area contributed by atoms with Gasteiger partial charge in [-0.3, -0.25) is 0 Å². The fraction of sp³-hybridized carbons (Fsp3) is 0.111. The Balaban J connectivity index is 0.000000423. The van der Waals surface area contributed by atoms with Crippen molar-refractivity contribution in [3.63, 3.8) is 0 Å². The molecule has 0 bridgehead atoms. The molecule has 0 heterocycles. The van der Waals surface area contributed by atoms with Gasteiger partial charge in [-0.25, -0.2) is 9.59 Å². The second kappa shape index (κ2) is 7.19. The predicted molar refractivity (Wildman–Crippen MR) is 49.9 cm³/mol. The molecule has 0 aliphatic rings. The quantitative estimate of drug-likeness (QED) is 0.651. The fourth-order valence-electron chi connectivity index (χ4n) is 0.719. The van der Waals surface area contributed by atoms with Crippen molar-refractivity contribution in [1.82, 2.24) is 0 Å². The van der Waals surface area contributed by atoms with Crippen molar-refractivity contribution >= 4 is 12.3 Å². The van der Waals surface area contributed by atoms with Gasteiger partial charge in [-0.05, 0) is 5.56 Å². The van der Waals surface area contributed by atoms with Crippen molar-refractivity contribution in [2.45, 2.75) is 6.61 Å². The monoisotopic (exact) mass is 214 g/mol. The molecule has 3 N–H and O–H groups in total. The van der Waals surface area contributed by atoms with E-state index in [0.29, 0.717) is 0 Å². The maximum absolute atomic E-state index is 9.95. The van der Waals surface area contributed by atoms with Crippen LogP contribution >= 0.6 is 0 Å². The molecule has 6 heteroatoms. The molecule has 0 saturated heterocycles. The van der Waals surface area contributed by atoms with E-state index >= 15 is 0 Å². The summed E-state index contributed by atoms with van der Waals surface area (Å²) >= 11 is 0. The summed E-state index contributed by atoms with van der Waals surface area (Å²) in [5, 5.41) is 22.1. The first kappa shape index (κ1) is 12.8. The summed E-state index contributed by atoms with van der Waals surface area (Å²) in [6.45, 7) is 0.121. The Hall–Kier alpha value is -2.24. The van der Waals surface area contributed by atoms with Gasteiger partial charge < -0.3 is 20.1 Å². The van der Waals surface area contributed by atoms with Crippen LogP contribution < -0.4 is 0 Å². The fourth-order valence-corrected chi connectivity index (χ4v) is 0.719. The summed E-state index contributed by atoms with van der Waals surface area (Å²) in [6.07, 6.45) is -3.08.